The lowest BCUT2D eigenvalue weighted by atomic mass is 10.1. The minimum atomic E-state index is 0.182. The molecule has 1 fully saturated rings. The average Bonchev–Trinajstić information content (AvgIpc) is 2.40. The van der Waals surface area contributed by atoms with Gasteiger partial charge in [0.25, 0.3) is 0 Å². The molecule has 3 N–H and O–H groups in total. The normalized spacial score (nSPS) is 15.9. The SMILES string of the molecule is NC(=S)NN=Cc1ccccc1N1CCCCC1. The van der Waals surface area contributed by atoms with E-state index in [4.69, 9.17) is 18.0 Å². The fraction of sp³-hybridized carbons (Fsp3) is 0.385. The molecule has 0 aliphatic carbocycles. The fourth-order valence-corrected chi connectivity index (χ4v) is 2.24. The van der Waals surface area contributed by atoms with Gasteiger partial charge >= 0.3 is 0 Å². The molecule has 0 spiro atoms. The van der Waals surface area contributed by atoms with Crippen LogP contribution in [-0.4, -0.2) is 24.4 Å². The minimum Gasteiger partial charge on any atom is -0.375 e. The summed E-state index contributed by atoms with van der Waals surface area (Å²) in [4.78, 5) is 2.41. The van der Waals surface area contributed by atoms with Crippen LogP contribution in [0, 0.1) is 0 Å². The number of benzene rings is 1. The Morgan fingerprint density at radius 3 is 2.72 bits per heavy atom. The van der Waals surface area contributed by atoms with Gasteiger partial charge in [-0.1, -0.05) is 18.2 Å². The van der Waals surface area contributed by atoms with Gasteiger partial charge < -0.3 is 10.6 Å². The van der Waals surface area contributed by atoms with Gasteiger partial charge in [-0.3, -0.25) is 5.43 Å². The van der Waals surface area contributed by atoms with E-state index in [0.29, 0.717) is 0 Å². The first-order chi connectivity index (χ1) is 8.77. The molecule has 1 aliphatic heterocycles. The molecule has 0 unspecified atom stereocenters. The molecule has 0 amide bonds. The van der Waals surface area contributed by atoms with Crippen LogP contribution in [0.3, 0.4) is 0 Å². The second-order valence-electron chi connectivity index (χ2n) is 4.34. The number of anilines is 1. The lowest BCUT2D eigenvalue weighted by molar-refractivity contribution is 0.577. The molecule has 4 nitrogen and oxygen atoms in total. The molecule has 18 heavy (non-hydrogen) atoms. The Balaban J connectivity index is 2.14. The summed E-state index contributed by atoms with van der Waals surface area (Å²) in [7, 11) is 0. The third-order valence-electron chi connectivity index (χ3n) is 3.01. The number of thiocarbonyl (C=S) groups is 1. The lowest BCUT2D eigenvalue weighted by Gasteiger charge is -2.29. The van der Waals surface area contributed by atoms with Crippen molar-refractivity contribution in [3.8, 4) is 0 Å². The van der Waals surface area contributed by atoms with E-state index in [9.17, 15) is 0 Å². The van der Waals surface area contributed by atoms with Crippen LogP contribution in [0.15, 0.2) is 29.4 Å². The van der Waals surface area contributed by atoms with Crippen molar-refractivity contribution in [3.05, 3.63) is 29.8 Å². The zero-order valence-electron chi connectivity index (χ0n) is 10.3. The van der Waals surface area contributed by atoms with E-state index < -0.39 is 0 Å². The van der Waals surface area contributed by atoms with E-state index in [0.717, 1.165) is 18.7 Å². The van der Waals surface area contributed by atoms with Crippen molar-refractivity contribution < 1.29 is 0 Å². The van der Waals surface area contributed by atoms with Gasteiger partial charge in [-0.05, 0) is 37.5 Å². The number of nitrogens with one attached hydrogen (secondary N) is 1. The second kappa shape index (κ2) is 6.35. The molecular weight excluding hydrogens is 244 g/mol. The quantitative estimate of drug-likeness (QED) is 0.496. The van der Waals surface area contributed by atoms with Gasteiger partial charge in [0.2, 0.25) is 0 Å². The standard InChI is InChI=1S/C13H18N4S/c14-13(18)16-15-10-11-6-2-3-7-12(11)17-8-4-1-5-9-17/h2-3,6-7,10H,1,4-5,8-9H2,(H3,14,16,18). The minimum absolute atomic E-state index is 0.182. The predicted molar refractivity (Wildman–Crippen MR) is 80.0 cm³/mol. The molecule has 0 atom stereocenters. The van der Waals surface area contributed by atoms with Gasteiger partial charge in [0, 0.05) is 24.3 Å². The van der Waals surface area contributed by atoms with Crippen molar-refractivity contribution in [2.24, 2.45) is 10.8 Å². The highest BCUT2D eigenvalue weighted by Gasteiger charge is 2.12. The van der Waals surface area contributed by atoms with E-state index in [1.807, 2.05) is 6.07 Å². The van der Waals surface area contributed by atoms with Crippen molar-refractivity contribution in [3.63, 3.8) is 0 Å². The van der Waals surface area contributed by atoms with E-state index in [1.165, 1.54) is 24.9 Å². The Labute approximate surface area is 113 Å². The Morgan fingerprint density at radius 2 is 2.00 bits per heavy atom. The Bertz CT molecular complexity index is 438. The summed E-state index contributed by atoms with van der Waals surface area (Å²) in [6.45, 7) is 2.24. The number of nitrogens with zero attached hydrogens (tertiary/aromatic N) is 2. The van der Waals surface area contributed by atoms with Crippen molar-refractivity contribution in [2.45, 2.75) is 19.3 Å². The van der Waals surface area contributed by atoms with Crippen LogP contribution in [0.1, 0.15) is 24.8 Å². The topological polar surface area (TPSA) is 53.6 Å². The summed E-state index contributed by atoms with van der Waals surface area (Å²) in [5.41, 5.74) is 10.2. The Hall–Kier alpha value is -1.62. The smallest absolute Gasteiger partial charge is 0.184 e. The van der Waals surface area contributed by atoms with E-state index in [1.54, 1.807) is 6.21 Å². The van der Waals surface area contributed by atoms with Crippen LogP contribution < -0.4 is 16.1 Å². The van der Waals surface area contributed by atoms with Crippen molar-refractivity contribution in [1.29, 1.82) is 0 Å². The van der Waals surface area contributed by atoms with Crippen molar-refractivity contribution in [2.75, 3.05) is 18.0 Å². The lowest BCUT2D eigenvalue weighted by Crippen LogP contribution is -2.30. The molecule has 1 heterocycles. The average molecular weight is 262 g/mol. The molecule has 0 radical (unpaired) electrons. The predicted octanol–water partition coefficient (Wildman–Crippen LogP) is 1.84. The van der Waals surface area contributed by atoms with Crippen LogP contribution in [0.5, 0.6) is 0 Å². The number of nitrogens with two attached hydrogens (primary N) is 1. The van der Waals surface area contributed by atoms with Crippen LogP contribution in [0.2, 0.25) is 0 Å². The summed E-state index contributed by atoms with van der Waals surface area (Å²) in [5.74, 6) is 0. The molecule has 2 rings (SSSR count). The van der Waals surface area contributed by atoms with Gasteiger partial charge in [-0.25, -0.2) is 0 Å². The highest BCUT2D eigenvalue weighted by molar-refractivity contribution is 7.80. The summed E-state index contributed by atoms with van der Waals surface area (Å²) >= 11 is 4.71. The zero-order chi connectivity index (χ0) is 12.8. The molecule has 0 saturated carbocycles. The highest BCUT2D eigenvalue weighted by Crippen LogP contribution is 2.22. The number of rotatable bonds is 3. The number of hydrogen-bond acceptors (Lipinski definition) is 3. The van der Waals surface area contributed by atoms with Crippen LogP contribution in [0.4, 0.5) is 5.69 Å². The molecule has 1 aromatic rings. The summed E-state index contributed by atoms with van der Waals surface area (Å²) in [6, 6.07) is 8.25. The Morgan fingerprint density at radius 1 is 1.28 bits per heavy atom. The fourth-order valence-electron chi connectivity index (χ4n) is 2.18. The third-order valence-corrected chi connectivity index (χ3v) is 3.10. The van der Waals surface area contributed by atoms with Gasteiger partial charge in [-0.15, -0.1) is 0 Å². The summed E-state index contributed by atoms with van der Waals surface area (Å²) < 4.78 is 0. The van der Waals surface area contributed by atoms with E-state index >= 15 is 0 Å². The molecule has 1 saturated heterocycles. The second-order valence-corrected chi connectivity index (χ2v) is 4.78. The maximum absolute atomic E-state index is 5.33. The summed E-state index contributed by atoms with van der Waals surface area (Å²) in [5, 5.41) is 4.21. The first-order valence-electron chi connectivity index (χ1n) is 6.20. The van der Waals surface area contributed by atoms with Gasteiger partial charge in [0.15, 0.2) is 5.11 Å². The van der Waals surface area contributed by atoms with Gasteiger partial charge in [-0.2, -0.15) is 5.10 Å². The third kappa shape index (κ3) is 3.43. The number of piperidine rings is 1. The number of hydrazone groups is 1. The highest BCUT2D eigenvalue weighted by atomic mass is 32.1. The molecule has 0 bridgehead atoms. The van der Waals surface area contributed by atoms with E-state index in [2.05, 4.69) is 33.6 Å². The number of para-hydroxylation sites is 1. The Kier molecular flexibility index (Phi) is 4.52. The molecule has 1 aliphatic rings. The van der Waals surface area contributed by atoms with Crippen LogP contribution in [-0.2, 0) is 0 Å². The number of hydrogen-bond donors (Lipinski definition) is 2. The van der Waals surface area contributed by atoms with Gasteiger partial charge in [0.1, 0.15) is 0 Å². The monoisotopic (exact) mass is 262 g/mol. The zero-order valence-corrected chi connectivity index (χ0v) is 11.1. The molecule has 96 valence electrons. The van der Waals surface area contributed by atoms with Gasteiger partial charge in [0.05, 0.1) is 6.21 Å². The first kappa shape index (κ1) is 12.8. The molecule has 5 heteroatoms. The van der Waals surface area contributed by atoms with Crippen LogP contribution in [0.25, 0.3) is 0 Å². The largest absolute Gasteiger partial charge is 0.375 e. The summed E-state index contributed by atoms with van der Waals surface area (Å²) in [6.07, 6.45) is 5.62. The van der Waals surface area contributed by atoms with Crippen LogP contribution >= 0.6 is 12.2 Å². The molecule has 0 aromatic heterocycles. The molecular formula is C13H18N4S. The first-order valence-corrected chi connectivity index (χ1v) is 6.60. The maximum Gasteiger partial charge on any atom is 0.184 e. The van der Waals surface area contributed by atoms with E-state index in [-0.39, 0.29) is 5.11 Å². The van der Waals surface area contributed by atoms with Crippen molar-refractivity contribution in [1.82, 2.24) is 5.43 Å². The maximum atomic E-state index is 5.33. The molecule has 1 aromatic carbocycles. The van der Waals surface area contributed by atoms with Crippen molar-refractivity contribution >= 4 is 29.2 Å².